The monoisotopic (exact) mass is 385 g/mol. The number of nitrogens with one attached hydrogen (secondary N) is 1. The second kappa shape index (κ2) is 7.51. The van der Waals surface area contributed by atoms with Crippen LogP contribution in [-0.2, 0) is 14.3 Å². The Kier molecular flexibility index (Phi) is 5.21. The molecule has 2 N–H and O–H groups in total. The smallest absolute Gasteiger partial charge is 0.312 e. The number of benzene rings is 1. The number of aliphatic hydroxyl groups is 1. The quantitative estimate of drug-likeness (QED) is 0.704. The molecule has 1 aromatic carbocycles. The third-order valence-corrected chi connectivity index (χ3v) is 6.91. The molecule has 0 heterocycles. The van der Waals surface area contributed by atoms with Crippen LogP contribution in [0.5, 0.6) is 0 Å². The van der Waals surface area contributed by atoms with Crippen LogP contribution in [0.1, 0.15) is 69.9 Å². The Hall–Kier alpha value is -1.88. The first-order chi connectivity index (χ1) is 13.4. The molecule has 0 aromatic heterocycles. The fourth-order valence-electron chi connectivity index (χ4n) is 6.27. The normalized spacial score (nSPS) is 34.1. The molecule has 1 amide bonds. The van der Waals surface area contributed by atoms with E-state index in [9.17, 15) is 14.7 Å². The van der Waals surface area contributed by atoms with Crippen molar-refractivity contribution in [3.63, 3.8) is 0 Å². The summed E-state index contributed by atoms with van der Waals surface area (Å²) >= 11 is 0. The van der Waals surface area contributed by atoms with Gasteiger partial charge in [-0.1, -0.05) is 43.7 Å². The van der Waals surface area contributed by atoms with Gasteiger partial charge in [-0.05, 0) is 62.3 Å². The summed E-state index contributed by atoms with van der Waals surface area (Å²) in [5, 5.41) is 13.8. The molecule has 5 nitrogen and oxygen atoms in total. The Morgan fingerprint density at radius 2 is 1.86 bits per heavy atom. The van der Waals surface area contributed by atoms with E-state index in [0.29, 0.717) is 18.3 Å². The van der Waals surface area contributed by atoms with E-state index in [0.717, 1.165) is 50.5 Å². The van der Waals surface area contributed by atoms with Crippen LogP contribution in [0.15, 0.2) is 30.3 Å². The van der Waals surface area contributed by atoms with Crippen LogP contribution < -0.4 is 5.32 Å². The summed E-state index contributed by atoms with van der Waals surface area (Å²) < 4.78 is 5.49. The molecular weight excluding hydrogens is 354 g/mol. The van der Waals surface area contributed by atoms with Gasteiger partial charge in [0.1, 0.15) is 0 Å². The number of carbonyl (C=O) groups is 2. The van der Waals surface area contributed by atoms with Crippen LogP contribution in [-0.4, -0.2) is 29.2 Å². The van der Waals surface area contributed by atoms with E-state index >= 15 is 0 Å². The summed E-state index contributed by atoms with van der Waals surface area (Å²) in [5.41, 5.74) is -0.223. The lowest BCUT2D eigenvalue weighted by Gasteiger charge is -2.58. The summed E-state index contributed by atoms with van der Waals surface area (Å²) in [6, 6.07) is 9.81. The molecule has 4 saturated carbocycles. The summed E-state index contributed by atoms with van der Waals surface area (Å²) in [6.45, 7) is 1.83. The molecule has 3 unspecified atom stereocenters. The number of esters is 1. The molecule has 28 heavy (non-hydrogen) atoms. The van der Waals surface area contributed by atoms with E-state index in [1.165, 1.54) is 0 Å². The first kappa shape index (κ1) is 19.4. The van der Waals surface area contributed by atoms with Gasteiger partial charge >= 0.3 is 5.97 Å². The van der Waals surface area contributed by atoms with Crippen LogP contribution >= 0.6 is 0 Å². The number of ether oxygens (including phenoxy) is 1. The molecule has 152 valence electrons. The van der Waals surface area contributed by atoms with Gasteiger partial charge in [-0.15, -0.1) is 0 Å². The van der Waals surface area contributed by atoms with Crippen LogP contribution in [0, 0.1) is 17.3 Å². The van der Waals surface area contributed by atoms with Crippen molar-refractivity contribution < 1.29 is 19.4 Å². The van der Waals surface area contributed by atoms with Gasteiger partial charge in [-0.2, -0.15) is 0 Å². The van der Waals surface area contributed by atoms with Crippen molar-refractivity contribution in [3.05, 3.63) is 35.9 Å². The third-order valence-electron chi connectivity index (χ3n) is 6.91. The van der Waals surface area contributed by atoms with Gasteiger partial charge in [0.25, 0.3) is 5.91 Å². The molecule has 0 aliphatic heterocycles. The topological polar surface area (TPSA) is 75.6 Å². The van der Waals surface area contributed by atoms with Gasteiger partial charge in [-0.25, -0.2) is 0 Å². The van der Waals surface area contributed by atoms with Crippen molar-refractivity contribution in [1.29, 1.82) is 0 Å². The largest absolute Gasteiger partial charge is 0.455 e. The minimum Gasteiger partial charge on any atom is -0.455 e. The third kappa shape index (κ3) is 3.82. The van der Waals surface area contributed by atoms with E-state index in [4.69, 9.17) is 4.74 Å². The van der Waals surface area contributed by atoms with Crippen LogP contribution in [0.4, 0.5) is 0 Å². The van der Waals surface area contributed by atoms with E-state index in [1.807, 2.05) is 30.3 Å². The second-order valence-corrected chi connectivity index (χ2v) is 9.36. The SMILES string of the molecule is CCCC(NC(=O)COC(=O)C12CC3CC(CC(O)(C3)C1)C2)c1ccccc1. The number of amides is 1. The highest BCUT2D eigenvalue weighted by atomic mass is 16.5. The zero-order valence-corrected chi connectivity index (χ0v) is 16.7. The first-order valence-electron chi connectivity index (χ1n) is 10.7. The molecule has 5 rings (SSSR count). The van der Waals surface area contributed by atoms with E-state index in [-0.39, 0.29) is 24.5 Å². The zero-order chi connectivity index (χ0) is 19.8. The zero-order valence-electron chi connectivity index (χ0n) is 16.7. The van der Waals surface area contributed by atoms with Crippen molar-refractivity contribution in [1.82, 2.24) is 5.32 Å². The first-order valence-corrected chi connectivity index (χ1v) is 10.7. The van der Waals surface area contributed by atoms with Gasteiger partial charge in [0, 0.05) is 0 Å². The summed E-state index contributed by atoms with van der Waals surface area (Å²) in [5.74, 6) is 0.278. The average Bonchev–Trinajstić information content (AvgIpc) is 2.64. The number of rotatable bonds is 7. The van der Waals surface area contributed by atoms with Crippen molar-refractivity contribution >= 4 is 11.9 Å². The van der Waals surface area contributed by atoms with E-state index in [2.05, 4.69) is 12.2 Å². The molecular formula is C23H31NO4. The van der Waals surface area contributed by atoms with Crippen molar-refractivity contribution in [2.24, 2.45) is 17.3 Å². The van der Waals surface area contributed by atoms with Crippen LogP contribution in [0.3, 0.4) is 0 Å². The molecule has 3 atom stereocenters. The molecule has 0 radical (unpaired) electrons. The molecule has 0 spiro atoms. The van der Waals surface area contributed by atoms with Gasteiger partial charge in [0.15, 0.2) is 6.61 Å². The Balaban J connectivity index is 1.35. The summed E-state index contributed by atoms with van der Waals surface area (Å²) in [4.78, 5) is 25.4. The Morgan fingerprint density at radius 3 is 2.46 bits per heavy atom. The van der Waals surface area contributed by atoms with Crippen LogP contribution in [0.2, 0.25) is 0 Å². The molecule has 1 aromatic rings. The highest BCUT2D eigenvalue weighted by Crippen LogP contribution is 2.61. The Labute approximate surface area is 166 Å². The minimum atomic E-state index is -0.703. The predicted octanol–water partition coefficient (Wildman–Crippen LogP) is 3.52. The molecule has 4 aliphatic carbocycles. The molecule has 4 bridgehead atoms. The lowest BCUT2D eigenvalue weighted by atomic mass is 9.48. The highest BCUT2D eigenvalue weighted by Gasteiger charge is 2.60. The number of carbonyl (C=O) groups excluding carboxylic acids is 2. The second-order valence-electron chi connectivity index (χ2n) is 9.36. The van der Waals surface area contributed by atoms with Crippen LogP contribution in [0.25, 0.3) is 0 Å². The molecule has 5 heteroatoms. The average molecular weight is 386 g/mol. The number of hydrogen-bond acceptors (Lipinski definition) is 4. The lowest BCUT2D eigenvalue weighted by Crippen LogP contribution is -2.58. The molecule has 4 fully saturated rings. The lowest BCUT2D eigenvalue weighted by molar-refractivity contribution is -0.196. The maximum Gasteiger partial charge on any atom is 0.312 e. The summed E-state index contributed by atoms with van der Waals surface area (Å²) in [6.07, 6.45) is 6.63. The van der Waals surface area contributed by atoms with Crippen molar-refractivity contribution in [2.75, 3.05) is 6.61 Å². The molecule has 4 aliphatic rings. The van der Waals surface area contributed by atoms with Gasteiger partial charge < -0.3 is 15.2 Å². The maximum absolute atomic E-state index is 12.9. The molecule has 0 saturated heterocycles. The van der Waals surface area contributed by atoms with Crippen molar-refractivity contribution in [3.8, 4) is 0 Å². The number of hydrogen-bond donors (Lipinski definition) is 2. The fourth-order valence-corrected chi connectivity index (χ4v) is 6.27. The standard InChI is InChI=1S/C23H31NO4/c1-2-6-19(18-7-4-3-5-8-18)24-20(25)14-28-21(26)22-10-16-9-17(11-22)13-23(27,12-16)15-22/h3-5,7-8,16-17,19,27H,2,6,9-15H2,1H3,(H,24,25). The Morgan fingerprint density at radius 1 is 1.18 bits per heavy atom. The highest BCUT2D eigenvalue weighted by molar-refractivity contribution is 5.83. The van der Waals surface area contributed by atoms with Crippen molar-refractivity contribution in [2.45, 2.75) is 69.9 Å². The van der Waals surface area contributed by atoms with Gasteiger partial charge in [0.2, 0.25) is 0 Å². The maximum atomic E-state index is 12.9. The Bertz CT molecular complexity index is 717. The van der Waals surface area contributed by atoms with Gasteiger partial charge in [0.05, 0.1) is 17.1 Å². The summed E-state index contributed by atoms with van der Waals surface area (Å²) in [7, 11) is 0. The predicted molar refractivity (Wildman–Crippen MR) is 105 cm³/mol. The van der Waals surface area contributed by atoms with E-state index in [1.54, 1.807) is 0 Å². The fraction of sp³-hybridized carbons (Fsp3) is 0.652. The van der Waals surface area contributed by atoms with Gasteiger partial charge in [-0.3, -0.25) is 9.59 Å². The van der Waals surface area contributed by atoms with E-state index < -0.39 is 11.0 Å². The minimum absolute atomic E-state index is 0.0716.